The number of nitrogens with zero attached hydrogens (tertiary/aromatic N) is 4. The highest BCUT2D eigenvalue weighted by atomic mass is 15.4. The smallest absolute Gasteiger partial charge is 0.0244 e. The highest BCUT2D eigenvalue weighted by molar-refractivity contribution is 5.05. The van der Waals surface area contributed by atoms with Crippen molar-refractivity contribution < 1.29 is 0 Å². The molecule has 27 heavy (non-hydrogen) atoms. The van der Waals surface area contributed by atoms with Crippen LogP contribution in [-0.2, 0) is 0 Å². The first-order chi connectivity index (χ1) is 12.3. The predicted octanol–water partition coefficient (Wildman–Crippen LogP) is 3.76. The number of hydrogen-bond acceptors (Lipinski definition) is 4. The Bertz CT molecular complexity index is 410. The third-order valence-electron chi connectivity index (χ3n) is 6.77. The van der Waals surface area contributed by atoms with Gasteiger partial charge in [0.2, 0.25) is 0 Å². The molecule has 0 aromatic heterocycles. The second kappa shape index (κ2) is 8.69. The van der Waals surface area contributed by atoms with Gasteiger partial charge in [-0.15, -0.1) is 0 Å². The maximum atomic E-state index is 2.69. The Kier molecular flexibility index (Phi) is 7.44. The molecular formula is C23H48N4. The van der Waals surface area contributed by atoms with Crippen molar-refractivity contribution in [1.82, 2.24) is 19.6 Å². The number of piperazine rings is 2. The SMILES string of the molecule is CC(C)(C)N1CC2CC1CN2C(C)(C)C.CC(C)N1CCN(C(C)C)CC1. The lowest BCUT2D eigenvalue weighted by Gasteiger charge is -2.46. The Labute approximate surface area is 170 Å². The van der Waals surface area contributed by atoms with Gasteiger partial charge >= 0.3 is 0 Å². The summed E-state index contributed by atoms with van der Waals surface area (Å²) in [6, 6.07) is 3.04. The number of fused-ring (bicyclic) bond motifs is 2. The molecule has 3 saturated heterocycles. The second-order valence-electron chi connectivity index (χ2n) is 11.4. The molecule has 0 amide bonds. The van der Waals surface area contributed by atoms with Gasteiger partial charge in [-0.25, -0.2) is 0 Å². The molecule has 2 atom stereocenters. The second-order valence-corrected chi connectivity index (χ2v) is 11.4. The molecule has 0 spiro atoms. The van der Waals surface area contributed by atoms with Gasteiger partial charge < -0.3 is 0 Å². The summed E-state index contributed by atoms with van der Waals surface area (Å²) in [5.74, 6) is 0. The van der Waals surface area contributed by atoms with Crippen molar-refractivity contribution in [3.05, 3.63) is 0 Å². The zero-order valence-corrected chi connectivity index (χ0v) is 20.0. The first-order valence-corrected chi connectivity index (χ1v) is 11.3. The minimum atomic E-state index is 0.351. The summed E-state index contributed by atoms with van der Waals surface area (Å²) in [5.41, 5.74) is 0.701. The van der Waals surface area contributed by atoms with Gasteiger partial charge in [-0.05, 0) is 75.7 Å². The van der Waals surface area contributed by atoms with Crippen LogP contribution in [-0.4, -0.2) is 94.1 Å². The molecule has 0 aromatic carbocycles. The van der Waals surface area contributed by atoms with Crippen LogP contribution in [0.1, 0.15) is 75.7 Å². The van der Waals surface area contributed by atoms with Crippen molar-refractivity contribution in [2.24, 2.45) is 0 Å². The fourth-order valence-electron chi connectivity index (χ4n) is 5.08. The molecule has 3 aliphatic rings. The van der Waals surface area contributed by atoms with E-state index in [4.69, 9.17) is 0 Å². The Balaban J connectivity index is 0.000000199. The van der Waals surface area contributed by atoms with E-state index in [2.05, 4.69) is 88.8 Å². The Morgan fingerprint density at radius 1 is 0.593 bits per heavy atom. The summed E-state index contributed by atoms with van der Waals surface area (Å²) in [4.78, 5) is 10.5. The summed E-state index contributed by atoms with van der Waals surface area (Å²) < 4.78 is 0. The first kappa shape index (κ1) is 23.1. The van der Waals surface area contributed by atoms with Gasteiger partial charge in [0, 0.05) is 74.5 Å². The van der Waals surface area contributed by atoms with Crippen LogP contribution >= 0.6 is 0 Å². The molecule has 2 bridgehead atoms. The van der Waals surface area contributed by atoms with E-state index < -0.39 is 0 Å². The van der Waals surface area contributed by atoms with Crippen LogP contribution in [0.25, 0.3) is 0 Å². The van der Waals surface area contributed by atoms with Crippen molar-refractivity contribution in [3.8, 4) is 0 Å². The van der Waals surface area contributed by atoms with Crippen molar-refractivity contribution in [1.29, 1.82) is 0 Å². The van der Waals surface area contributed by atoms with Gasteiger partial charge in [0.1, 0.15) is 0 Å². The zero-order chi connectivity index (χ0) is 20.6. The highest BCUT2D eigenvalue weighted by Gasteiger charge is 2.49. The van der Waals surface area contributed by atoms with Gasteiger partial charge in [-0.1, -0.05) is 0 Å². The molecule has 4 nitrogen and oxygen atoms in total. The van der Waals surface area contributed by atoms with Crippen LogP contribution in [0.3, 0.4) is 0 Å². The van der Waals surface area contributed by atoms with Crippen molar-refractivity contribution >= 4 is 0 Å². The topological polar surface area (TPSA) is 13.0 Å². The molecule has 160 valence electrons. The molecule has 0 saturated carbocycles. The number of hydrogen-bond donors (Lipinski definition) is 0. The molecule has 0 aliphatic carbocycles. The van der Waals surface area contributed by atoms with Crippen molar-refractivity contribution in [2.45, 2.75) is 111 Å². The molecule has 2 unspecified atom stereocenters. The van der Waals surface area contributed by atoms with E-state index in [1.807, 2.05) is 0 Å². The van der Waals surface area contributed by atoms with Gasteiger partial charge in [-0.3, -0.25) is 19.6 Å². The van der Waals surface area contributed by atoms with E-state index in [0.717, 1.165) is 24.2 Å². The highest BCUT2D eigenvalue weighted by Crippen LogP contribution is 2.38. The average molecular weight is 381 g/mol. The van der Waals surface area contributed by atoms with Crippen LogP contribution in [0.4, 0.5) is 0 Å². The molecule has 3 rings (SSSR count). The largest absolute Gasteiger partial charge is 0.298 e. The molecule has 3 aliphatic heterocycles. The normalized spacial score (nSPS) is 28.9. The quantitative estimate of drug-likeness (QED) is 0.723. The molecule has 3 heterocycles. The lowest BCUT2D eigenvalue weighted by atomic mass is 10.0. The lowest BCUT2D eigenvalue weighted by molar-refractivity contribution is 0.0179. The van der Waals surface area contributed by atoms with Gasteiger partial charge in [-0.2, -0.15) is 0 Å². The maximum Gasteiger partial charge on any atom is 0.0244 e. The minimum absolute atomic E-state index is 0.351. The van der Waals surface area contributed by atoms with Crippen molar-refractivity contribution in [2.75, 3.05) is 39.3 Å². The molecule has 0 radical (unpaired) electrons. The zero-order valence-electron chi connectivity index (χ0n) is 20.0. The third kappa shape index (κ3) is 5.91. The van der Waals surface area contributed by atoms with Crippen LogP contribution in [0.15, 0.2) is 0 Å². The van der Waals surface area contributed by atoms with Crippen LogP contribution < -0.4 is 0 Å². The lowest BCUT2D eigenvalue weighted by Crippen LogP contribution is -2.57. The third-order valence-corrected chi connectivity index (χ3v) is 6.77. The van der Waals surface area contributed by atoms with E-state index in [0.29, 0.717) is 11.1 Å². The Morgan fingerprint density at radius 3 is 1.07 bits per heavy atom. The maximum absolute atomic E-state index is 2.69. The van der Waals surface area contributed by atoms with Gasteiger partial charge in [0.25, 0.3) is 0 Å². The first-order valence-electron chi connectivity index (χ1n) is 11.3. The molecule has 3 fully saturated rings. The van der Waals surface area contributed by atoms with Gasteiger partial charge in [0.15, 0.2) is 0 Å². The van der Waals surface area contributed by atoms with E-state index in [1.54, 1.807) is 0 Å². The fourth-order valence-corrected chi connectivity index (χ4v) is 5.08. The molecule has 4 heteroatoms. The molecule has 0 aromatic rings. The summed E-state index contributed by atoms with van der Waals surface area (Å²) in [5, 5.41) is 0. The summed E-state index contributed by atoms with van der Waals surface area (Å²) >= 11 is 0. The van der Waals surface area contributed by atoms with E-state index in [1.165, 1.54) is 45.7 Å². The van der Waals surface area contributed by atoms with Crippen molar-refractivity contribution in [3.63, 3.8) is 0 Å². The number of likely N-dealkylation sites (tertiary alicyclic amines) is 2. The summed E-state index contributed by atoms with van der Waals surface area (Å²) in [6.45, 7) is 30.7. The monoisotopic (exact) mass is 380 g/mol. The summed E-state index contributed by atoms with van der Waals surface area (Å²) in [6.07, 6.45) is 1.38. The van der Waals surface area contributed by atoms with E-state index in [9.17, 15) is 0 Å². The van der Waals surface area contributed by atoms with Crippen LogP contribution in [0.5, 0.6) is 0 Å². The molecule has 0 N–H and O–H groups in total. The minimum Gasteiger partial charge on any atom is -0.298 e. The van der Waals surface area contributed by atoms with E-state index >= 15 is 0 Å². The number of rotatable bonds is 2. The Morgan fingerprint density at radius 2 is 0.889 bits per heavy atom. The summed E-state index contributed by atoms with van der Waals surface area (Å²) in [7, 11) is 0. The van der Waals surface area contributed by atoms with Gasteiger partial charge in [0.05, 0.1) is 0 Å². The molecular weight excluding hydrogens is 332 g/mol. The average Bonchev–Trinajstić information content (AvgIpc) is 3.15. The van der Waals surface area contributed by atoms with Crippen LogP contribution in [0.2, 0.25) is 0 Å². The fraction of sp³-hybridized carbons (Fsp3) is 1.00. The Hall–Kier alpha value is -0.160. The van der Waals surface area contributed by atoms with E-state index in [-0.39, 0.29) is 0 Å². The van der Waals surface area contributed by atoms with Crippen LogP contribution in [0, 0.1) is 0 Å². The standard InChI is InChI=1S/C13H26N2.C10H22N2/c1-12(2,3)14-8-11-7-10(14)9-15(11)13(4,5)6;1-9(2)11-5-7-12(8-6-11)10(3)4/h10-11H,7-9H2,1-6H3;9-10H,5-8H2,1-4H3. The predicted molar refractivity (Wildman–Crippen MR) is 119 cm³/mol.